The van der Waals surface area contributed by atoms with Crippen molar-refractivity contribution in [2.45, 2.75) is 17.0 Å². The van der Waals surface area contributed by atoms with E-state index in [0.29, 0.717) is 20.9 Å². The van der Waals surface area contributed by atoms with Gasteiger partial charge in [-0.1, -0.05) is 65.0 Å². The second-order valence-corrected chi connectivity index (χ2v) is 8.80. The average Bonchev–Trinajstić information content (AvgIpc) is 3.31. The van der Waals surface area contributed by atoms with Crippen LogP contribution >= 0.6 is 34.7 Å². The van der Waals surface area contributed by atoms with Crippen LogP contribution in [-0.4, -0.2) is 25.9 Å². The van der Waals surface area contributed by atoms with E-state index in [1.165, 1.54) is 39.9 Å². The lowest BCUT2D eigenvalue weighted by Crippen LogP contribution is -2.13. The molecule has 0 atom stereocenters. The van der Waals surface area contributed by atoms with Gasteiger partial charge in [0, 0.05) is 5.75 Å². The average molecular weight is 460 g/mol. The second kappa shape index (κ2) is 8.95. The van der Waals surface area contributed by atoms with Crippen LogP contribution in [0.5, 0.6) is 0 Å². The summed E-state index contributed by atoms with van der Waals surface area (Å²) < 4.78 is 15.2. The van der Waals surface area contributed by atoms with Crippen molar-refractivity contribution in [3.63, 3.8) is 0 Å². The summed E-state index contributed by atoms with van der Waals surface area (Å²) in [4.78, 5) is 12.8. The van der Waals surface area contributed by atoms with Gasteiger partial charge in [0.25, 0.3) is 5.91 Å². The molecule has 152 valence electrons. The predicted molar refractivity (Wildman–Crippen MR) is 117 cm³/mol. The molecule has 2 heterocycles. The van der Waals surface area contributed by atoms with Gasteiger partial charge in [-0.25, -0.2) is 9.07 Å². The maximum atomic E-state index is 13.0. The van der Waals surface area contributed by atoms with Crippen LogP contribution in [0, 0.1) is 12.7 Å². The smallest absolute Gasteiger partial charge is 0.262 e. The number of carbonyl (C=O) groups excluding carboxylic acids is 1. The summed E-state index contributed by atoms with van der Waals surface area (Å²) >= 11 is 9.15. The maximum Gasteiger partial charge on any atom is 0.262 e. The van der Waals surface area contributed by atoms with E-state index in [4.69, 9.17) is 11.6 Å². The molecule has 6 nitrogen and oxygen atoms in total. The van der Waals surface area contributed by atoms with Gasteiger partial charge in [0.1, 0.15) is 16.5 Å². The molecule has 10 heteroatoms. The van der Waals surface area contributed by atoms with Crippen molar-refractivity contribution in [3.05, 3.63) is 82.4 Å². The molecule has 2 aromatic carbocycles. The van der Waals surface area contributed by atoms with Crippen molar-refractivity contribution < 1.29 is 9.18 Å². The number of nitrogens with zero attached hydrogens (tertiary/aromatic N) is 4. The third kappa shape index (κ3) is 4.53. The number of benzene rings is 2. The first-order valence-corrected chi connectivity index (χ1v) is 11.0. The summed E-state index contributed by atoms with van der Waals surface area (Å²) in [5, 5.41) is 15.8. The first-order chi connectivity index (χ1) is 14.5. The van der Waals surface area contributed by atoms with Crippen molar-refractivity contribution in [2.75, 3.05) is 5.32 Å². The molecule has 4 rings (SSSR count). The molecule has 0 unspecified atom stereocenters. The number of thioether (sulfide) groups is 1. The number of rotatable bonds is 6. The number of carbonyl (C=O) groups is 1. The highest BCUT2D eigenvalue weighted by atomic mass is 35.5. The van der Waals surface area contributed by atoms with Gasteiger partial charge in [-0.05, 0) is 36.8 Å². The van der Waals surface area contributed by atoms with Gasteiger partial charge < -0.3 is 0 Å². The SMILES string of the molecule is Cc1nn(-c2ccccc2)c(Cl)c1C(=O)Nc1nnc(SCc2ccc(F)cc2)s1. The summed E-state index contributed by atoms with van der Waals surface area (Å²) in [7, 11) is 0. The Morgan fingerprint density at radius 3 is 2.63 bits per heavy atom. The molecule has 0 spiro atoms. The summed E-state index contributed by atoms with van der Waals surface area (Å²) in [6.07, 6.45) is 0. The Labute approximate surface area is 185 Å². The zero-order chi connectivity index (χ0) is 21.1. The second-order valence-electron chi connectivity index (χ2n) is 6.24. The molecule has 0 fully saturated rings. The molecule has 0 bridgehead atoms. The van der Waals surface area contributed by atoms with E-state index in [-0.39, 0.29) is 16.5 Å². The highest BCUT2D eigenvalue weighted by Gasteiger charge is 2.22. The van der Waals surface area contributed by atoms with E-state index in [1.807, 2.05) is 30.3 Å². The van der Waals surface area contributed by atoms with Gasteiger partial charge in [0.05, 0.1) is 11.4 Å². The number of hydrogen-bond acceptors (Lipinski definition) is 6. The minimum absolute atomic E-state index is 0.228. The standard InChI is InChI=1S/C20H15ClFN5OS2/c1-12-16(17(21)27(26-12)15-5-3-2-4-6-15)18(28)23-19-24-25-20(30-19)29-11-13-7-9-14(22)10-8-13/h2-10H,11H2,1H3,(H,23,24,28). The number of hydrogen-bond donors (Lipinski definition) is 1. The fourth-order valence-electron chi connectivity index (χ4n) is 2.70. The van der Waals surface area contributed by atoms with E-state index in [2.05, 4.69) is 20.6 Å². The topological polar surface area (TPSA) is 72.7 Å². The summed E-state index contributed by atoms with van der Waals surface area (Å²) in [6, 6.07) is 15.6. The van der Waals surface area contributed by atoms with E-state index in [9.17, 15) is 9.18 Å². The van der Waals surface area contributed by atoms with Gasteiger partial charge in [0.2, 0.25) is 5.13 Å². The molecule has 0 aliphatic rings. The molecule has 1 amide bonds. The third-order valence-electron chi connectivity index (χ3n) is 4.13. The highest BCUT2D eigenvalue weighted by molar-refractivity contribution is 8.00. The molecule has 4 aromatic rings. The van der Waals surface area contributed by atoms with Gasteiger partial charge in [-0.15, -0.1) is 10.2 Å². The lowest BCUT2D eigenvalue weighted by atomic mass is 10.2. The Balaban J connectivity index is 1.45. The number of anilines is 1. The number of para-hydroxylation sites is 1. The van der Waals surface area contributed by atoms with E-state index < -0.39 is 5.91 Å². The van der Waals surface area contributed by atoms with Crippen LogP contribution < -0.4 is 5.32 Å². The molecule has 2 aromatic heterocycles. The number of amides is 1. The molecule has 0 saturated heterocycles. The monoisotopic (exact) mass is 459 g/mol. The van der Waals surface area contributed by atoms with E-state index in [0.717, 1.165) is 11.3 Å². The first kappa shape index (κ1) is 20.5. The molecule has 0 radical (unpaired) electrons. The molecule has 0 aliphatic heterocycles. The van der Waals surface area contributed by atoms with Crippen LogP contribution in [0.4, 0.5) is 9.52 Å². The molecular weight excluding hydrogens is 445 g/mol. The zero-order valence-electron chi connectivity index (χ0n) is 15.7. The van der Waals surface area contributed by atoms with Gasteiger partial charge in [-0.3, -0.25) is 10.1 Å². The number of aromatic nitrogens is 4. The maximum absolute atomic E-state index is 13.0. The predicted octanol–water partition coefficient (Wildman–Crippen LogP) is 5.37. The van der Waals surface area contributed by atoms with Crippen LogP contribution in [0.2, 0.25) is 5.15 Å². The Bertz CT molecular complexity index is 1180. The van der Waals surface area contributed by atoms with Crippen LogP contribution in [0.3, 0.4) is 0 Å². The lowest BCUT2D eigenvalue weighted by Gasteiger charge is -2.03. The summed E-state index contributed by atoms with van der Waals surface area (Å²) in [5.41, 5.74) is 2.53. The van der Waals surface area contributed by atoms with Gasteiger partial charge in [-0.2, -0.15) is 5.10 Å². The van der Waals surface area contributed by atoms with Crippen molar-refractivity contribution in [1.29, 1.82) is 0 Å². The third-order valence-corrected chi connectivity index (χ3v) is 6.53. The van der Waals surface area contributed by atoms with Crippen molar-refractivity contribution >= 4 is 45.7 Å². The van der Waals surface area contributed by atoms with Crippen LogP contribution in [0.15, 0.2) is 58.9 Å². The van der Waals surface area contributed by atoms with Crippen molar-refractivity contribution in [1.82, 2.24) is 20.0 Å². The quantitative estimate of drug-likeness (QED) is 0.310. The number of nitrogens with one attached hydrogen (secondary N) is 1. The Morgan fingerprint density at radius 2 is 1.90 bits per heavy atom. The number of halogens is 2. The van der Waals surface area contributed by atoms with E-state index in [1.54, 1.807) is 19.1 Å². The van der Waals surface area contributed by atoms with E-state index >= 15 is 0 Å². The Hall–Kier alpha value is -2.75. The van der Waals surface area contributed by atoms with Crippen LogP contribution in [0.1, 0.15) is 21.6 Å². The van der Waals surface area contributed by atoms with Crippen molar-refractivity contribution in [3.8, 4) is 5.69 Å². The minimum Gasteiger partial charge on any atom is -0.296 e. The first-order valence-electron chi connectivity index (χ1n) is 8.84. The van der Waals surface area contributed by atoms with Crippen molar-refractivity contribution in [2.24, 2.45) is 0 Å². The lowest BCUT2D eigenvalue weighted by molar-refractivity contribution is 0.102. The minimum atomic E-state index is -0.397. The molecule has 1 N–H and O–H groups in total. The summed E-state index contributed by atoms with van der Waals surface area (Å²) in [6.45, 7) is 1.73. The normalized spacial score (nSPS) is 10.9. The molecule has 30 heavy (non-hydrogen) atoms. The van der Waals surface area contributed by atoms with Crippen LogP contribution in [0.25, 0.3) is 5.69 Å². The Kier molecular flexibility index (Phi) is 6.12. The molecule has 0 aliphatic carbocycles. The van der Waals surface area contributed by atoms with Gasteiger partial charge in [0.15, 0.2) is 4.34 Å². The zero-order valence-corrected chi connectivity index (χ0v) is 18.1. The summed E-state index contributed by atoms with van der Waals surface area (Å²) in [5.74, 6) is -0.0439. The van der Waals surface area contributed by atoms with Gasteiger partial charge >= 0.3 is 0 Å². The fraction of sp³-hybridized carbons (Fsp3) is 0.100. The van der Waals surface area contributed by atoms with Crippen LogP contribution in [-0.2, 0) is 5.75 Å². The Morgan fingerprint density at radius 1 is 1.17 bits per heavy atom. The molecular formula is C20H15ClFN5OS2. The number of aryl methyl sites for hydroxylation is 1. The largest absolute Gasteiger partial charge is 0.296 e. The molecule has 0 saturated carbocycles. The fourth-order valence-corrected chi connectivity index (χ4v) is 4.76. The highest BCUT2D eigenvalue weighted by Crippen LogP contribution is 2.30.